The molecule has 1 aliphatic carbocycles. The molecule has 0 saturated heterocycles. The van der Waals surface area contributed by atoms with Gasteiger partial charge in [0.2, 0.25) is 0 Å². The summed E-state index contributed by atoms with van der Waals surface area (Å²) < 4.78 is 0. The fourth-order valence-corrected chi connectivity index (χ4v) is 4.38. The second kappa shape index (κ2) is 10.8. The average molecular weight is 406 g/mol. The van der Waals surface area contributed by atoms with E-state index in [1.54, 1.807) is 0 Å². The molecule has 0 amide bonds. The van der Waals surface area contributed by atoms with Crippen molar-refractivity contribution in [2.24, 2.45) is 11.8 Å². The first-order chi connectivity index (χ1) is 13.0. The van der Waals surface area contributed by atoms with Crippen LogP contribution in [-0.4, -0.2) is 19.4 Å². The van der Waals surface area contributed by atoms with E-state index >= 15 is 0 Å². The van der Waals surface area contributed by atoms with Crippen molar-refractivity contribution in [1.29, 1.82) is 0 Å². The number of nitrogens with one attached hydrogen (secondary N) is 1. The van der Waals surface area contributed by atoms with E-state index in [4.69, 9.17) is 23.2 Å². The maximum atomic E-state index is 11.3. The predicted octanol–water partition coefficient (Wildman–Crippen LogP) is 6.30. The summed E-state index contributed by atoms with van der Waals surface area (Å²) in [6.45, 7) is 4.23. The number of carbonyl (C=O) groups excluding carboxylic acids is 1. The lowest BCUT2D eigenvalue weighted by Crippen LogP contribution is -2.39. The van der Waals surface area contributed by atoms with Crippen LogP contribution in [0.2, 0.25) is 10.0 Å². The standard InChI is InChI=1S/C17H24ClNO.C6H5Cl/c1-11-4-7-15(17(18)8-11)13-5-6-14(10-20)16(9-13)12(2)19-3;7-6-4-2-1-3-5-6/h4,7-8,10,12-14,16,19H,5-6,9H2,1-3H3;1-5H. The highest BCUT2D eigenvalue weighted by Gasteiger charge is 2.34. The van der Waals surface area contributed by atoms with Gasteiger partial charge in [-0.25, -0.2) is 0 Å². The smallest absolute Gasteiger partial charge is 0.123 e. The molecule has 4 heteroatoms. The topological polar surface area (TPSA) is 29.1 Å². The number of hydrogen-bond acceptors (Lipinski definition) is 2. The summed E-state index contributed by atoms with van der Waals surface area (Å²) in [6.07, 6.45) is 4.20. The van der Waals surface area contributed by atoms with Gasteiger partial charge in [-0.2, -0.15) is 0 Å². The molecule has 0 spiro atoms. The zero-order chi connectivity index (χ0) is 19.8. The molecular formula is C23H29Cl2NO. The van der Waals surface area contributed by atoms with Crippen LogP contribution in [0.5, 0.6) is 0 Å². The van der Waals surface area contributed by atoms with Gasteiger partial charge in [0, 0.05) is 22.0 Å². The summed E-state index contributed by atoms with van der Waals surface area (Å²) in [4.78, 5) is 11.3. The number of halogens is 2. The first-order valence-electron chi connectivity index (χ1n) is 9.55. The van der Waals surface area contributed by atoms with Crippen LogP contribution in [0.15, 0.2) is 48.5 Å². The van der Waals surface area contributed by atoms with Crippen molar-refractivity contribution in [3.63, 3.8) is 0 Å². The Balaban J connectivity index is 0.000000313. The van der Waals surface area contributed by atoms with Gasteiger partial charge < -0.3 is 10.1 Å². The molecule has 0 aliphatic heterocycles. The van der Waals surface area contributed by atoms with Gasteiger partial charge in [0.1, 0.15) is 6.29 Å². The fraction of sp³-hybridized carbons (Fsp3) is 0.435. The summed E-state index contributed by atoms with van der Waals surface area (Å²) in [6, 6.07) is 16.1. The molecule has 1 N–H and O–H groups in total. The molecule has 0 heterocycles. The summed E-state index contributed by atoms with van der Waals surface area (Å²) >= 11 is 11.9. The minimum atomic E-state index is 0.179. The van der Waals surface area contributed by atoms with E-state index in [1.165, 1.54) is 11.1 Å². The SMILES string of the molecule is CNC(C)C1CC(c2ccc(C)cc2Cl)CCC1C=O.Clc1ccccc1. The van der Waals surface area contributed by atoms with E-state index in [2.05, 4.69) is 31.3 Å². The number of aryl methyl sites for hydroxylation is 1. The van der Waals surface area contributed by atoms with Gasteiger partial charge >= 0.3 is 0 Å². The minimum absolute atomic E-state index is 0.179. The zero-order valence-corrected chi connectivity index (χ0v) is 17.8. The van der Waals surface area contributed by atoms with Gasteiger partial charge in [-0.05, 0) is 81.3 Å². The second-order valence-electron chi connectivity index (χ2n) is 7.37. The Morgan fingerprint density at radius 1 is 1.11 bits per heavy atom. The maximum Gasteiger partial charge on any atom is 0.123 e. The highest BCUT2D eigenvalue weighted by Crippen LogP contribution is 2.42. The molecule has 0 aromatic heterocycles. The van der Waals surface area contributed by atoms with Crippen LogP contribution >= 0.6 is 23.2 Å². The van der Waals surface area contributed by atoms with Crippen LogP contribution in [0.1, 0.15) is 43.2 Å². The lowest BCUT2D eigenvalue weighted by Gasteiger charge is -2.37. The van der Waals surface area contributed by atoms with Gasteiger partial charge in [0.25, 0.3) is 0 Å². The van der Waals surface area contributed by atoms with Gasteiger partial charge in [0.15, 0.2) is 0 Å². The van der Waals surface area contributed by atoms with Crippen molar-refractivity contribution in [2.75, 3.05) is 7.05 Å². The average Bonchev–Trinajstić information content (AvgIpc) is 2.68. The molecular weight excluding hydrogens is 377 g/mol. The number of benzene rings is 2. The van der Waals surface area contributed by atoms with E-state index < -0.39 is 0 Å². The first-order valence-corrected chi connectivity index (χ1v) is 10.3. The second-order valence-corrected chi connectivity index (χ2v) is 8.22. The quantitative estimate of drug-likeness (QED) is 0.604. The van der Waals surface area contributed by atoms with Gasteiger partial charge in [-0.3, -0.25) is 0 Å². The molecule has 2 aromatic carbocycles. The Bertz CT molecular complexity index is 720. The van der Waals surface area contributed by atoms with Crippen LogP contribution in [0.25, 0.3) is 0 Å². The van der Waals surface area contributed by atoms with E-state index in [0.29, 0.717) is 17.9 Å². The van der Waals surface area contributed by atoms with Crippen LogP contribution in [0.3, 0.4) is 0 Å². The van der Waals surface area contributed by atoms with E-state index in [1.807, 2.05) is 43.4 Å². The zero-order valence-electron chi connectivity index (χ0n) is 16.3. The van der Waals surface area contributed by atoms with Gasteiger partial charge in [-0.15, -0.1) is 0 Å². The molecule has 0 radical (unpaired) electrons. The van der Waals surface area contributed by atoms with Gasteiger partial charge in [-0.1, -0.05) is 53.5 Å². The first kappa shape index (κ1) is 21.9. The van der Waals surface area contributed by atoms with Crippen molar-refractivity contribution < 1.29 is 4.79 Å². The molecule has 2 aromatic rings. The Morgan fingerprint density at radius 2 is 1.81 bits per heavy atom. The molecule has 3 rings (SSSR count). The monoisotopic (exact) mass is 405 g/mol. The molecule has 2 nitrogen and oxygen atoms in total. The van der Waals surface area contributed by atoms with E-state index in [9.17, 15) is 4.79 Å². The predicted molar refractivity (Wildman–Crippen MR) is 116 cm³/mol. The summed E-state index contributed by atoms with van der Waals surface area (Å²) in [5.74, 6) is 1.05. The van der Waals surface area contributed by atoms with Crippen LogP contribution in [0, 0.1) is 18.8 Å². The summed E-state index contributed by atoms with van der Waals surface area (Å²) in [5, 5.41) is 4.97. The number of carbonyl (C=O) groups is 1. The van der Waals surface area contributed by atoms with Crippen LogP contribution in [-0.2, 0) is 4.79 Å². The Kier molecular flexibility index (Phi) is 8.82. The van der Waals surface area contributed by atoms with Crippen molar-refractivity contribution in [3.8, 4) is 0 Å². The lowest BCUT2D eigenvalue weighted by atomic mass is 9.70. The Labute approximate surface area is 173 Å². The van der Waals surface area contributed by atoms with E-state index in [-0.39, 0.29) is 5.92 Å². The van der Waals surface area contributed by atoms with Crippen molar-refractivity contribution >= 4 is 29.5 Å². The minimum Gasteiger partial charge on any atom is -0.317 e. The van der Waals surface area contributed by atoms with E-state index in [0.717, 1.165) is 35.6 Å². The van der Waals surface area contributed by atoms with Crippen molar-refractivity contribution in [2.45, 2.75) is 45.1 Å². The molecule has 1 fully saturated rings. The molecule has 146 valence electrons. The molecule has 0 bridgehead atoms. The van der Waals surface area contributed by atoms with Crippen molar-refractivity contribution in [1.82, 2.24) is 5.32 Å². The molecule has 27 heavy (non-hydrogen) atoms. The number of aldehydes is 1. The van der Waals surface area contributed by atoms with Crippen LogP contribution < -0.4 is 5.32 Å². The number of hydrogen-bond donors (Lipinski definition) is 1. The highest BCUT2D eigenvalue weighted by atomic mass is 35.5. The molecule has 4 unspecified atom stereocenters. The number of rotatable bonds is 4. The molecule has 4 atom stereocenters. The fourth-order valence-electron chi connectivity index (χ4n) is 3.85. The lowest BCUT2D eigenvalue weighted by molar-refractivity contribution is -0.114. The molecule has 1 saturated carbocycles. The van der Waals surface area contributed by atoms with Crippen LogP contribution in [0.4, 0.5) is 0 Å². The maximum absolute atomic E-state index is 11.3. The third kappa shape index (κ3) is 6.34. The largest absolute Gasteiger partial charge is 0.317 e. The third-order valence-corrected chi connectivity index (χ3v) is 6.14. The van der Waals surface area contributed by atoms with Gasteiger partial charge in [0.05, 0.1) is 0 Å². The summed E-state index contributed by atoms with van der Waals surface area (Å²) in [7, 11) is 1.97. The normalized spacial score (nSPS) is 23.1. The Hall–Kier alpha value is -1.35. The third-order valence-electron chi connectivity index (χ3n) is 5.56. The van der Waals surface area contributed by atoms with Crippen molar-refractivity contribution in [3.05, 3.63) is 69.7 Å². The Morgan fingerprint density at radius 3 is 2.33 bits per heavy atom. The molecule has 1 aliphatic rings. The highest BCUT2D eigenvalue weighted by molar-refractivity contribution is 6.31. The summed E-state index contributed by atoms with van der Waals surface area (Å²) in [5.41, 5.74) is 2.44.